The van der Waals surface area contributed by atoms with Gasteiger partial charge in [-0.15, -0.1) is 0 Å². The van der Waals surface area contributed by atoms with E-state index < -0.39 is 0 Å². The highest BCUT2D eigenvalue weighted by atomic mass is 16.5. The second-order valence-electron chi connectivity index (χ2n) is 7.11. The van der Waals surface area contributed by atoms with Crippen LogP contribution in [0.15, 0.2) is 42.5 Å². The molecule has 1 N–H and O–H groups in total. The van der Waals surface area contributed by atoms with Gasteiger partial charge >= 0.3 is 0 Å². The molecule has 1 amide bonds. The van der Waals surface area contributed by atoms with Crippen molar-refractivity contribution in [2.24, 2.45) is 0 Å². The van der Waals surface area contributed by atoms with Gasteiger partial charge < -0.3 is 10.1 Å². The van der Waals surface area contributed by atoms with Crippen LogP contribution in [0.25, 0.3) is 0 Å². The fourth-order valence-corrected chi connectivity index (χ4v) is 3.24. The Labute approximate surface area is 156 Å². The highest BCUT2D eigenvalue weighted by Gasteiger charge is 2.12. The summed E-state index contributed by atoms with van der Waals surface area (Å²) in [7, 11) is 0. The molecule has 4 heteroatoms. The van der Waals surface area contributed by atoms with Crippen LogP contribution in [-0.4, -0.2) is 30.5 Å². The highest BCUT2D eigenvalue weighted by molar-refractivity contribution is 5.77. The van der Waals surface area contributed by atoms with Gasteiger partial charge in [0, 0.05) is 13.1 Å². The van der Waals surface area contributed by atoms with Gasteiger partial charge in [-0.2, -0.15) is 0 Å². The number of benzene rings is 2. The highest BCUT2D eigenvalue weighted by Crippen LogP contribution is 2.16. The first kappa shape index (κ1) is 18.5. The lowest BCUT2D eigenvalue weighted by Crippen LogP contribution is -2.28. The molecular weight excluding hydrogens is 324 g/mol. The van der Waals surface area contributed by atoms with E-state index >= 15 is 0 Å². The van der Waals surface area contributed by atoms with Crippen molar-refractivity contribution < 1.29 is 9.53 Å². The molecule has 1 fully saturated rings. The summed E-state index contributed by atoms with van der Waals surface area (Å²) in [5, 5.41) is 2.94. The number of ether oxygens (including phenoxy) is 1. The van der Waals surface area contributed by atoms with E-state index in [2.05, 4.69) is 41.4 Å². The summed E-state index contributed by atoms with van der Waals surface area (Å²) < 4.78 is 5.59. The number of aryl methyl sites for hydroxylation is 2. The van der Waals surface area contributed by atoms with Gasteiger partial charge in [-0.1, -0.05) is 30.3 Å². The summed E-state index contributed by atoms with van der Waals surface area (Å²) in [4.78, 5) is 14.5. The van der Waals surface area contributed by atoms with Crippen molar-refractivity contribution >= 4 is 5.91 Å². The van der Waals surface area contributed by atoms with Crippen LogP contribution in [0.3, 0.4) is 0 Å². The van der Waals surface area contributed by atoms with Gasteiger partial charge in [0.05, 0.1) is 0 Å². The van der Waals surface area contributed by atoms with E-state index in [0.717, 1.165) is 23.4 Å². The molecule has 2 aromatic rings. The lowest BCUT2D eigenvalue weighted by atomic mass is 10.1. The third-order valence-electron chi connectivity index (χ3n) is 4.93. The van der Waals surface area contributed by atoms with Crippen LogP contribution in [0, 0.1) is 13.8 Å². The molecule has 0 saturated carbocycles. The third kappa shape index (κ3) is 5.33. The van der Waals surface area contributed by atoms with Crippen LogP contribution < -0.4 is 10.1 Å². The molecule has 0 aromatic heterocycles. The zero-order valence-corrected chi connectivity index (χ0v) is 15.8. The molecular formula is C22H28N2O2. The molecule has 2 aromatic carbocycles. The number of carbonyl (C=O) groups is 1. The standard InChI is InChI=1S/C22H28N2O2/c1-17-8-9-21(12-18(17)2)26-16-22(25)23-14-19-6-5-7-20(13-19)15-24-10-3-4-11-24/h5-9,12-13H,3-4,10-11,14-16H2,1-2H3,(H,23,25). The number of amides is 1. The second kappa shape index (κ2) is 8.86. The quantitative estimate of drug-likeness (QED) is 0.828. The molecule has 3 rings (SSSR count). The molecule has 138 valence electrons. The summed E-state index contributed by atoms with van der Waals surface area (Å²) >= 11 is 0. The van der Waals surface area contributed by atoms with Crippen molar-refractivity contribution in [1.82, 2.24) is 10.2 Å². The maximum Gasteiger partial charge on any atom is 0.258 e. The smallest absolute Gasteiger partial charge is 0.258 e. The van der Waals surface area contributed by atoms with Crippen LogP contribution in [0.5, 0.6) is 5.75 Å². The van der Waals surface area contributed by atoms with E-state index in [9.17, 15) is 4.79 Å². The predicted octanol–water partition coefficient (Wildman–Crippen LogP) is 3.59. The van der Waals surface area contributed by atoms with Crippen molar-refractivity contribution in [2.45, 2.75) is 39.8 Å². The van der Waals surface area contributed by atoms with Crippen LogP contribution in [-0.2, 0) is 17.9 Å². The number of likely N-dealkylation sites (tertiary alicyclic amines) is 1. The number of carbonyl (C=O) groups excluding carboxylic acids is 1. The topological polar surface area (TPSA) is 41.6 Å². The Morgan fingerprint density at radius 2 is 1.81 bits per heavy atom. The molecule has 1 saturated heterocycles. The summed E-state index contributed by atoms with van der Waals surface area (Å²) in [5.74, 6) is 0.629. The molecule has 1 aliphatic heterocycles. The van der Waals surface area contributed by atoms with Crippen molar-refractivity contribution in [2.75, 3.05) is 19.7 Å². The monoisotopic (exact) mass is 352 g/mol. The summed E-state index contributed by atoms with van der Waals surface area (Å²) in [5.41, 5.74) is 4.82. The van der Waals surface area contributed by atoms with Crippen molar-refractivity contribution in [3.8, 4) is 5.75 Å². The summed E-state index contributed by atoms with van der Waals surface area (Å²) in [6, 6.07) is 14.3. The Balaban J connectivity index is 1.45. The fourth-order valence-electron chi connectivity index (χ4n) is 3.24. The van der Waals surface area contributed by atoms with E-state index in [1.807, 2.05) is 25.1 Å². The zero-order chi connectivity index (χ0) is 18.4. The van der Waals surface area contributed by atoms with Crippen molar-refractivity contribution in [1.29, 1.82) is 0 Å². The van der Waals surface area contributed by atoms with E-state index in [1.54, 1.807) is 0 Å². The van der Waals surface area contributed by atoms with Gasteiger partial charge in [0.15, 0.2) is 6.61 Å². The fraction of sp³-hybridized carbons (Fsp3) is 0.409. The number of hydrogen-bond donors (Lipinski definition) is 1. The number of rotatable bonds is 7. The first-order valence-corrected chi connectivity index (χ1v) is 9.37. The third-order valence-corrected chi connectivity index (χ3v) is 4.93. The van der Waals surface area contributed by atoms with Gasteiger partial charge in [0.1, 0.15) is 5.75 Å². The molecule has 0 radical (unpaired) electrons. The Hall–Kier alpha value is -2.33. The molecule has 4 nitrogen and oxygen atoms in total. The van der Waals surface area contributed by atoms with E-state index in [-0.39, 0.29) is 12.5 Å². The van der Waals surface area contributed by atoms with Crippen LogP contribution in [0.2, 0.25) is 0 Å². The maximum atomic E-state index is 12.1. The minimum absolute atomic E-state index is 0.0377. The predicted molar refractivity (Wildman–Crippen MR) is 104 cm³/mol. The summed E-state index contributed by atoms with van der Waals surface area (Å²) in [6.45, 7) is 8.05. The van der Waals surface area contributed by atoms with Crippen molar-refractivity contribution in [3.63, 3.8) is 0 Å². The molecule has 0 atom stereocenters. The maximum absolute atomic E-state index is 12.1. The lowest BCUT2D eigenvalue weighted by molar-refractivity contribution is -0.123. The molecule has 1 heterocycles. The minimum Gasteiger partial charge on any atom is -0.484 e. The van der Waals surface area contributed by atoms with Crippen molar-refractivity contribution in [3.05, 3.63) is 64.7 Å². The van der Waals surface area contributed by atoms with Gasteiger partial charge in [-0.3, -0.25) is 9.69 Å². The Bertz CT molecular complexity index is 752. The molecule has 0 bridgehead atoms. The molecule has 0 unspecified atom stereocenters. The van der Waals surface area contributed by atoms with E-state index in [0.29, 0.717) is 6.54 Å². The number of hydrogen-bond acceptors (Lipinski definition) is 3. The normalized spacial score (nSPS) is 14.4. The van der Waals surface area contributed by atoms with E-state index in [4.69, 9.17) is 4.74 Å². The average molecular weight is 352 g/mol. The van der Waals surface area contributed by atoms with E-state index in [1.165, 1.54) is 37.1 Å². The number of nitrogens with zero attached hydrogens (tertiary/aromatic N) is 1. The molecule has 1 aliphatic rings. The first-order chi connectivity index (χ1) is 12.6. The largest absolute Gasteiger partial charge is 0.484 e. The zero-order valence-electron chi connectivity index (χ0n) is 15.8. The molecule has 26 heavy (non-hydrogen) atoms. The van der Waals surface area contributed by atoms with Crippen LogP contribution in [0.4, 0.5) is 0 Å². The lowest BCUT2D eigenvalue weighted by Gasteiger charge is -2.15. The molecule has 0 aliphatic carbocycles. The van der Waals surface area contributed by atoms with Gasteiger partial charge in [0.25, 0.3) is 5.91 Å². The minimum atomic E-state index is -0.104. The van der Waals surface area contributed by atoms with Crippen LogP contribution >= 0.6 is 0 Å². The van der Waals surface area contributed by atoms with Gasteiger partial charge in [0.2, 0.25) is 0 Å². The summed E-state index contributed by atoms with van der Waals surface area (Å²) in [6.07, 6.45) is 2.60. The average Bonchev–Trinajstić information content (AvgIpc) is 3.14. The van der Waals surface area contributed by atoms with Crippen LogP contribution in [0.1, 0.15) is 35.1 Å². The SMILES string of the molecule is Cc1ccc(OCC(=O)NCc2cccc(CN3CCCC3)c2)cc1C. The second-order valence-corrected chi connectivity index (χ2v) is 7.11. The first-order valence-electron chi connectivity index (χ1n) is 9.37. The Kier molecular flexibility index (Phi) is 6.29. The molecule has 0 spiro atoms. The number of nitrogens with one attached hydrogen (secondary N) is 1. The van der Waals surface area contributed by atoms with Gasteiger partial charge in [-0.05, 0) is 74.2 Å². The van der Waals surface area contributed by atoms with Gasteiger partial charge in [-0.25, -0.2) is 0 Å². The Morgan fingerprint density at radius 3 is 2.58 bits per heavy atom. The Morgan fingerprint density at radius 1 is 1.04 bits per heavy atom.